The topological polar surface area (TPSA) is 108 Å². The molecule has 0 atom stereocenters. The molecule has 33 heavy (non-hydrogen) atoms. The summed E-state index contributed by atoms with van der Waals surface area (Å²) in [5, 5.41) is 2.89. The third kappa shape index (κ3) is 5.90. The van der Waals surface area contributed by atoms with Crippen LogP contribution in [0.2, 0.25) is 0 Å². The van der Waals surface area contributed by atoms with Gasteiger partial charge in [-0.05, 0) is 82.9 Å². The van der Waals surface area contributed by atoms with Crippen LogP contribution >= 0.6 is 0 Å². The van der Waals surface area contributed by atoms with E-state index in [1.807, 2.05) is 36.9 Å². The average Bonchev–Trinajstić information content (AvgIpc) is 2.75. The summed E-state index contributed by atoms with van der Waals surface area (Å²) in [5.74, 6) is -0.316. The Bertz CT molecular complexity index is 1130. The van der Waals surface area contributed by atoms with Crippen LogP contribution in [0.25, 0.3) is 0 Å². The monoisotopic (exact) mass is 472 g/mol. The van der Waals surface area contributed by atoms with Crippen molar-refractivity contribution in [3.8, 4) is 0 Å². The Kier molecular flexibility index (Phi) is 7.11. The third-order valence-corrected chi connectivity index (χ3v) is 8.09. The molecule has 0 spiro atoms. The normalized spacial score (nSPS) is 15.2. The number of piperidine rings is 1. The van der Waals surface area contributed by atoms with Crippen LogP contribution in [0.3, 0.4) is 0 Å². The largest absolute Gasteiger partial charge is 0.357 e. The number of carbonyl (C=O) groups excluding carboxylic acids is 2. The molecule has 178 valence electrons. The number of sulfonamides is 1. The van der Waals surface area contributed by atoms with Crippen LogP contribution in [0.4, 0.5) is 11.5 Å². The van der Waals surface area contributed by atoms with Crippen molar-refractivity contribution in [2.45, 2.75) is 52.2 Å². The van der Waals surface area contributed by atoms with E-state index >= 15 is 0 Å². The van der Waals surface area contributed by atoms with Crippen LogP contribution in [0.5, 0.6) is 0 Å². The van der Waals surface area contributed by atoms with Gasteiger partial charge in [-0.3, -0.25) is 14.3 Å². The first-order valence-corrected chi connectivity index (χ1v) is 12.5. The predicted octanol–water partition coefficient (Wildman–Crippen LogP) is 3.41. The molecule has 0 aliphatic carbocycles. The molecule has 2 aromatic rings. The Labute approximate surface area is 195 Å². The van der Waals surface area contributed by atoms with Crippen LogP contribution in [0.1, 0.15) is 55.1 Å². The summed E-state index contributed by atoms with van der Waals surface area (Å²) < 4.78 is 25.7. The Morgan fingerprint density at radius 2 is 1.70 bits per heavy atom. The number of aromatic nitrogens is 1. The van der Waals surface area contributed by atoms with Crippen LogP contribution < -0.4 is 14.9 Å². The molecule has 1 fully saturated rings. The number of aryl methyl sites for hydroxylation is 2. The molecule has 2 heterocycles. The number of benzene rings is 1. The van der Waals surface area contributed by atoms with Crippen molar-refractivity contribution in [3.63, 3.8) is 0 Å². The molecule has 3 rings (SSSR count). The number of hydrogen-bond acceptors (Lipinski definition) is 6. The van der Waals surface area contributed by atoms with E-state index < -0.39 is 20.7 Å². The fraction of sp³-hybridized carbons (Fsp3) is 0.458. The van der Waals surface area contributed by atoms with Crippen LogP contribution in [0.15, 0.2) is 36.5 Å². The Morgan fingerprint density at radius 3 is 2.24 bits per heavy atom. The molecule has 1 aliphatic rings. The molecule has 2 amide bonds. The molecule has 0 bridgehead atoms. The van der Waals surface area contributed by atoms with E-state index in [0.29, 0.717) is 31.5 Å². The third-order valence-electron chi connectivity index (χ3n) is 6.01. The number of carbonyl (C=O) groups is 2. The first kappa shape index (κ1) is 24.7. The maximum absolute atomic E-state index is 12.5. The Morgan fingerprint density at radius 1 is 1.03 bits per heavy atom. The molecular weight excluding hydrogens is 440 g/mol. The average molecular weight is 473 g/mol. The van der Waals surface area contributed by atoms with Crippen LogP contribution in [-0.4, -0.2) is 43.1 Å². The summed E-state index contributed by atoms with van der Waals surface area (Å²) >= 11 is 0. The minimum absolute atomic E-state index is 0.229. The molecule has 8 nitrogen and oxygen atoms in total. The van der Waals surface area contributed by atoms with Gasteiger partial charge < -0.3 is 10.2 Å². The summed E-state index contributed by atoms with van der Waals surface area (Å²) in [6, 6.07) is 9.29. The molecule has 9 heteroatoms. The lowest BCUT2D eigenvalue weighted by atomic mass is 9.96. The highest BCUT2D eigenvalue weighted by Gasteiger charge is 2.34. The second-order valence-corrected chi connectivity index (χ2v) is 11.9. The van der Waals surface area contributed by atoms with E-state index in [1.165, 1.54) is 0 Å². The summed E-state index contributed by atoms with van der Waals surface area (Å²) in [5.41, 5.74) is 3.46. The van der Waals surface area contributed by atoms with Gasteiger partial charge in [-0.2, -0.15) is 0 Å². The maximum Gasteiger partial charge on any atom is 0.257 e. The van der Waals surface area contributed by atoms with E-state index in [0.717, 1.165) is 22.6 Å². The fourth-order valence-electron chi connectivity index (χ4n) is 3.47. The van der Waals surface area contributed by atoms with Gasteiger partial charge in [0.05, 0.1) is 10.3 Å². The number of amides is 2. The molecule has 0 unspecified atom stereocenters. The Hall–Kier alpha value is -2.94. The van der Waals surface area contributed by atoms with E-state index in [4.69, 9.17) is 0 Å². The van der Waals surface area contributed by atoms with Crippen LogP contribution in [-0.2, 0) is 14.8 Å². The van der Waals surface area contributed by atoms with Gasteiger partial charge in [-0.1, -0.05) is 6.07 Å². The van der Waals surface area contributed by atoms with Crippen molar-refractivity contribution >= 4 is 33.3 Å². The number of rotatable bonds is 5. The van der Waals surface area contributed by atoms with Crippen molar-refractivity contribution in [3.05, 3.63) is 53.2 Å². The van der Waals surface area contributed by atoms with Gasteiger partial charge in [0.25, 0.3) is 5.91 Å². The highest BCUT2D eigenvalue weighted by molar-refractivity contribution is 7.91. The minimum Gasteiger partial charge on any atom is -0.357 e. The molecule has 1 aliphatic heterocycles. The summed E-state index contributed by atoms with van der Waals surface area (Å²) in [6.45, 7) is 9.85. The fourth-order valence-corrected chi connectivity index (χ4v) is 4.21. The van der Waals surface area contributed by atoms with E-state index in [2.05, 4.69) is 15.0 Å². The smallest absolute Gasteiger partial charge is 0.257 e. The van der Waals surface area contributed by atoms with Gasteiger partial charge in [-0.25, -0.2) is 13.4 Å². The first-order valence-electron chi connectivity index (χ1n) is 11.0. The molecule has 2 N–H and O–H groups in total. The van der Waals surface area contributed by atoms with Crippen LogP contribution in [0, 0.1) is 19.8 Å². The maximum atomic E-state index is 12.5. The van der Waals surface area contributed by atoms with Gasteiger partial charge in [0, 0.05) is 30.9 Å². The van der Waals surface area contributed by atoms with Gasteiger partial charge in [-0.15, -0.1) is 0 Å². The quantitative estimate of drug-likeness (QED) is 0.690. The van der Waals surface area contributed by atoms with Gasteiger partial charge in [0.1, 0.15) is 5.82 Å². The zero-order valence-electron chi connectivity index (χ0n) is 19.8. The van der Waals surface area contributed by atoms with Gasteiger partial charge >= 0.3 is 0 Å². The lowest BCUT2D eigenvalue weighted by Gasteiger charge is -2.32. The molecule has 0 radical (unpaired) electrons. The predicted molar refractivity (Wildman–Crippen MR) is 130 cm³/mol. The van der Waals surface area contributed by atoms with E-state index in [1.54, 1.807) is 39.1 Å². The standard InChI is InChI=1S/C24H32N4O4S/c1-16-6-8-20(14-17(16)2)26-22(29)19-7-9-21(25-15-19)28-12-10-18(11-13-28)23(30)27-33(31,32)24(3,4)5/h6-9,14-15,18H,10-13H2,1-5H3,(H,26,29)(H,27,30). The molecule has 1 aromatic heterocycles. The molecule has 1 aromatic carbocycles. The first-order chi connectivity index (χ1) is 15.4. The van der Waals surface area contributed by atoms with Crippen molar-refractivity contribution < 1.29 is 18.0 Å². The second-order valence-electron chi connectivity index (χ2n) is 9.50. The number of pyridine rings is 1. The number of nitrogens with one attached hydrogen (secondary N) is 2. The van der Waals surface area contributed by atoms with Crippen molar-refractivity contribution in [2.24, 2.45) is 5.92 Å². The molecular formula is C24H32N4O4S. The van der Waals surface area contributed by atoms with Gasteiger partial charge in [0.2, 0.25) is 15.9 Å². The van der Waals surface area contributed by atoms with Crippen molar-refractivity contribution in [1.29, 1.82) is 0 Å². The molecule has 0 saturated carbocycles. The summed E-state index contributed by atoms with van der Waals surface area (Å²) in [7, 11) is -3.72. The lowest BCUT2D eigenvalue weighted by Crippen LogP contribution is -2.47. The molecule has 1 saturated heterocycles. The number of anilines is 2. The van der Waals surface area contributed by atoms with Gasteiger partial charge in [0.15, 0.2) is 0 Å². The highest BCUT2D eigenvalue weighted by atomic mass is 32.2. The zero-order chi connectivity index (χ0) is 24.4. The SMILES string of the molecule is Cc1ccc(NC(=O)c2ccc(N3CCC(C(=O)NS(=O)(=O)C(C)(C)C)CC3)nc2)cc1C. The minimum atomic E-state index is -3.72. The summed E-state index contributed by atoms with van der Waals surface area (Å²) in [6.07, 6.45) is 2.60. The zero-order valence-corrected chi connectivity index (χ0v) is 20.6. The Balaban J connectivity index is 1.56. The van der Waals surface area contributed by atoms with E-state index in [9.17, 15) is 18.0 Å². The van der Waals surface area contributed by atoms with Crippen molar-refractivity contribution in [1.82, 2.24) is 9.71 Å². The number of nitrogens with zero attached hydrogens (tertiary/aromatic N) is 2. The number of hydrogen-bond donors (Lipinski definition) is 2. The second kappa shape index (κ2) is 9.51. The van der Waals surface area contributed by atoms with Crippen molar-refractivity contribution in [2.75, 3.05) is 23.3 Å². The summed E-state index contributed by atoms with van der Waals surface area (Å²) in [4.78, 5) is 31.4. The highest BCUT2D eigenvalue weighted by Crippen LogP contribution is 2.24. The lowest BCUT2D eigenvalue weighted by molar-refractivity contribution is -0.123. The van der Waals surface area contributed by atoms with E-state index in [-0.39, 0.29) is 11.8 Å².